The minimum Gasteiger partial charge on any atom is -0.418 e. The predicted octanol–water partition coefficient (Wildman–Crippen LogP) is 8.53. The van der Waals surface area contributed by atoms with Crippen molar-refractivity contribution in [3.05, 3.63) is 103 Å². The van der Waals surface area contributed by atoms with E-state index in [4.69, 9.17) is 44.3 Å². The Bertz CT molecular complexity index is 1760. The van der Waals surface area contributed by atoms with Gasteiger partial charge in [-0.05, 0) is 74.7 Å². The van der Waals surface area contributed by atoms with E-state index in [0.717, 1.165) is 28.4 Å². The Kier molecular flexibility index (Phi) is 7.44. The summed E-state index contributed by atoms with van der Waals surface area (Å²) >= 11 is 22.5. The second kappa shape index (κ2) is 10.9. The van der Waals surface area contributed by atoms with Crippen LogP contribution in [-0.2, 0) is 5.41 Å². The minimum absolute atomic E-state index is 0.131. The molecule has 208 valence electrons. The smallest absolute Gasteiger partial charge is 0.269 e. The van der Waals surface area contributed by atoms with E-state index in [0.29, 0.717) is 37.9 Å². The van der Waals surface area contributed by atoms with Crippen LogP contribution < -0.4 is 5.32 Å². The highest BCUT2D eigenvalue weighted by molar-refractivity contribution is 9.10. The molecule has 0 bridgehead atoms. The van der Waals surface area contributed by atoms with E-state index >= 15 is 0 Å². The molecule has 1 amide bonds. The first-order valence-corrected chi connectivity index (χ1v) is 14.8. The minimum atomic E-state index is -0.396. The number of aromatic nitrogens is 4. The SMILES string of the molecule is CC(C)NC(=O)c1c(-c2nnc(C3(c4ccc(Cl)cc4)CC3)o2)nn(-c2ccc(Cl)cc2Cl)c1-c1ccc(Br)cc1. The van der Waals surface area contributed by atoms with E-state index in [2.05, 4.69) is 31.4 Å². The summed E-state index contributed by atoms with van der Waals surface area (Å²) in [4.78, 5) is 13.8. The molecule has 2 heterocycles. The number of hydrogen-bond acceptors (Lipinski definition) is 5. The van der Waals surface area contributed by atoms with Crippen LogP contribution in [0.3, 0.4) is 0 Å². The lowest BCUT2D eigenvalue weighted by Crippen LogP contribution is -2.30. The normalized spacial score (nSPS) is 13.9. The van der Waals surface area contributed by atoms with Gasteiger partial charge in [-0.25, -0.2) is 4.68 Å². The summed E-state index contributed by atoms with van der Waals surface area (Å²) in [6.07, 6.45) is 1.71. The zero-order chi connectivity index (χ0) is 28.9. The van der Waals surface area contributed by atoms with E-state index in [-0.39, 0.29) is 23.5 Å². The quantitative estimate of drug-likeness (QED) is 0.188. The van der Waals surface area contributed by atoms with Crippen LogP contribution in [0.2, 0.25) is 15.1 Å². The molecule has 6 rings (SSSR count). The van der Waals surface area contributed by atoms with Gasteiger partial charge in [0.05, 0.1) is 27.4 Å². The first kappa shape index (κ1) is 28.0. The van der Waals surface area contributed by atoms with Crippen molar-refractivity contribution < 1.29 is 9.21 Å². The lowest BCUT2D eigenvalue weighted by molar-refractivity contribution is 0.0944. The highest BCUT2D eigenvalue weighted by Crippen LogP contribution is 2.53. The first-order chi connectivity index (χ1) is 19.7. The molecule has 0 unspecified atom stereocenters. The van der Waals surface area contributed by atoms with Gasteiger partial charge in [-0.3, -0.25) is 4.79 Å². The second-order valence-corrected chi connectivity index (χ2v) is 12.4. The van der Waals surface area contributed by atoms with Crippen molar-refractivity contribution in [1.82, 2.24) is 25.3 Å². The van der Waals surface area contributed by atoms with Gasteiger partial charge in [0.1, 0.15) is 0 Å². The van der Waals surface area contributed by atoms with Crippen LogP contribution >= 0.6 is 50.7 Å². The number of nitrogens with one attached hydrogen (secondary N) is 1. The molecule has 1 fully saturated rings. The maximum absolute atomic E-state index is 13.8. The Labute approximate surface area is 260 Å². The average Bonchev–Trinajstić information content (AvgIpc) is 3.41. The zero-order valence-corrected chi connectivity index (χ0v) is 25.8. The van der Waals surface area contributed by atoms with Gasteiger partial charge in [0, 0.05) is 26.1 Å². The van der Waals surface area contributed by atoms with E-state index in [1.54, 1.807) is 22.9 Å². The molecule has 7 nitrogen and oxygen atoms in total. The fourth-order valence-corrected chi connectivity index (χ4v) is 5.73. The van der Waals surface area contributed by atoms with Crippen LogP contribution in [0.5, 0.6) is 0 Å². The van der Waals surface area contributed by atoms with Crippen molar-refractivity contribution in [2.24, 2.45) is 0 Å². The van der Waals surface area contributed by atoms with Crippen molar-refractivity contribution in [3.63, 3.8) is 0 Å². The van der Waals surface area contributed by atoms with E-state index < -0.39 is 5.41 Å². The Morgan fingerprint density at radius 2 is 1.66 bits per heavy atom. The van der Waals surface area contributed by atoms with Gasteiger partial charge >= 0.3 is 0 Å². The molecule has 5 aromatic rings. The molecule has 0 spiro atoms. The number of amides is 1. The molecular weight excluding hydrogens is 649 g/mol. The third kappa shape index (κ3) is 5.30. The van der Waals surface area contributed by atoms with Crippen molar-refractivity contribution in [1.29, 1.82) is 0 Å². The number of carbonyl (C=O) groups excluding carboxylic acids is 1. The lowest BCUT2D eigenvalue weighted by atomic mass is 9.96. The summed E-state index contributed by atoms with van der Waals surface area (Å²) in [5.74, 6) is 0.272. The van der Waals surface area contributed by atoms with Gasteiger partial charge in [-0.1, -0.05) is 75.0 Å². The van der Waals surface area contributed by atoms with Crippen LogP contribution in [0.15, 0.2) is 75.6 Å². The monoisotopic (exact) mass is 669 g/mol. The van der Waals surface area contributed by atoms with E-state index in [1.807, 2.05) is 62.4 Å². The molecule has 3 aromatic carbocycles. The molecule has 0 atom stereocenters. The number of rotatable bonds is 7. The van der Waals surface area contributed by atoms with Gasteiger partial charge in [-0.15, -0.1) is 10.2 Å². The zero-order valence-electron chi connectivity index (χ0n) is 22.0. The van der Waals surface area contributed by atoms with Crippen molar-refractivity contribution in [3.8, 4) is 28.5 Å². The lowest BCUT2D eigenvalue weighted by Gasteiger charge is -2.13. The molecule has 1 saturated carbocycles. The molecule has 0 radical (unpaired) electrons. The van der Waals surface area contributed by atoms with E-state index in [9.17, 15) is 4.79 Å². The van der Waals surface area contributed by atoms with Crippen molar-refractivity contribution in [2.45, 2.75) is 38.1 Å². The summed E-state index contributed by atoms with van der Waals surface area (Å²) < 4.78 is 8.83. The molecule has 1 N–H and O–H groups in total. The molecule has 11 heteroatoms. The first-order valence-electron chi connectivity index (χ1n) is 12.9. The molecule has 1 aliphatic rings. The number of halogens is 4. The molecule has 41 heavy (non-hydrogen) atoms. The maximum atomic E-state index is 13.8. The summed E-state index contributed by atoms with van der Waals surface area (Å²) in [5, 5.41) is 18.2. The predicted molar refractivity (Wildman–Crippen MR) is 164 cm³/mol. The molecule has 0 aliphatic heterocycles. The summed E-state index contributed by atoms with van der Waals surface area (Å²) in [5.41, 5.74) is 2.99. The van der Waals surface area contributed by atoms with Crippen LogP contribution in [0, 0.1) is 0 Å². The fourth-order valence-electron chi connectivity index (χ4n) is 4.85. The third-order valence-electron chi connectivity index (χ3n) is 6.97. The van der Waals surface area contributed by atoms with Gasteiger partial charge in [0.25, 0.3) is 11.8 Å². The highest BCUT2D eigenvalue weighted by Gasteiger charge is 2.51. The largest absolute Gasteiger partial charge is 0.418 e. The van der Waals surface area contributed by atoms with Crippen LogP contribution in [0.25, 0.3) is 28.5 Å². The van der Waals surface area contributed by atoms with Gasteiger partial charge < -0.3 is 9.73 Å². The van der Waals surface area contributed by atoms with Crippen molar-refractivity contribution in [2.75, 3.05) is 0 Å². The van der Waals surface area contributed by atoms with Gasteiger partial charge in [0.2, 0.25) is 5.89 Å². The standard InChI is InChI=1S/C30H23BrCl3N5O2/c1-16(2)35-27(40)24-25(28-36-37-29(41-28)30(13-14-30)18-5-9-20(32)10-6-18)38-39(23-12-11-21(33)15-22(23)34)26(24)17-3-7-19(31)8-4-17/h3-12,15-16H,13-14H2,1-2H3,(H,35,40). The Morgan fingerprint density at radius 1 is 0.976 bits per heavy atom. The Hall–Kier alpha value is -3.17. The van der Waals surface area contributed by atoms with Crippen LogP contribution in [-0.4, -0.2) is 31.9 Å². The third-order valence-corrected chi connectivity index (χ3v) is 8.29. The van der Waals surface area contributed by atoms with Gasteiger partial charge in [-0.2, -0.15) is 5.10 Å². The molecule has 2 aromatic heterocycles. The topological polar surface area (TPSA) is 85.8 Å². The number of carbonyl (C=O) groups is 1. The van der Waals surface area contributed by atoms with Crippen LogP contribution in [0.4, 0.5) is 0 Å². The summed E-state index contributed by atoms with van der Waals surface area (Å²) in [6.45, 7) is 3.79. The van der Waals surface area contributed by atoms with Gasteiger partial charge in [0.15, 0.2) is 5.69 Å². The fraction of sp³-hybridized carbons (Fsp3) is 0.200. The number of nitrogens with zero attached hydrogens (tertiary/aromatic N) is 4. The second-order valence-electron chi connectivity index (χ2n) is 10.2. The molecular formula is C30H23BrCl3N5O2. The Morgan fingerprint density at radius 3 is 2.29 bits per heavy atom. The Balaban J connectivity index is 1.57. The van der Waals surface area contributed by atoms with E-state index in [1.165, 1.54) is 0 Å². The van der Waals surface area contributed by atoms with Crippen molar-refractivity contribution >= 4 is 56.6 Å². The van der Waals surface area contributed by atoms with Crippen LogP contribution in [0.1, 0.15) is 48.5 Å². The summed E-state index contributed by atoms with van der Waals surface area (Å²) in [6, 6.07) is 20.2. The molecule has 1 aliphatic carbocycles. The maximum Gasteiger partial charge on any atom is 0.269 e. The number of benzene rings is 3. The highest BCUT2D eigenvalue weighted by atomic mass is 79.9. The summed E-state index contributed by atoms with van der Waals surface area (Å²) in [7, 11) is 0. The molecule has 0 saturated heterocycles. The average molecular weight is 672 g/mol. The number of hydrogen-bond donors (Lipinski definition) is 1.